The van der Waals surface area contributed by atoms with Crippen LogP contribution in [0.25, 0.3) is 0 Å². The molecule has 1 unspecified atom stereocenters. The molecule has 1 atom stereocenters. The molecular weight excluding hydrogens is 414 g/mol. The van der Waals surface area contributed by atoms with Gasteiger partial charge in [0.2, 0.25) is 16.9 Å². The fourth-order valence-corrected chi connectivity index (χ4v) is 4.43. The third-order valence-electron chi connectivity index (χ3n) is 4.94. The average Bonchev–Trinajstić information content (AvgIpc) is 3.23. The second-order valence-electron chi connectivity index (χ2n) is 7.40. The monoisotopic (exact) mass is 437 g/mol. The number of anilines is 3. The molecule has 0 spiro atoms. The topological polar surface area (TPSA) is 113 Å². The first-order valence-electron chi connectivity index (χ1n) is 10.1. The lowest BCUT2D eigenvalue weighted by atomic mass is 9.99. The molecule has 3 aromatic rings. The number of aromatic nitrogens is 4. The highest BCUT2D eigenvalue weighted by atomic mass is 32.1. The quantitative estimate of drug-likeness (QED) is 0.610. The highest BCUT2D eigenvalue weighted by Crippen LogP contribution is 2.32. The smallest absolute Gasteiger partial charge is 0.229 e. The van der Waals surface area contributed by atoms with Crippen LogP contribution in [0.1, 0.15) is 36.3 Å². The van der Waals surface area contributed by atoms with Gasteiger partial charge in [0.1, 0.15) is 5.01 Å². The zero-order valence-electron chi connectivity index (χ0n) is 17.1. The molecular formula is C21H23N7O2S. The van der Waals surface area contributed by atoms with E-state index in [1.807, 2.05) is 36.4 Å². The van der Waals surface area contributed by atoms with Crippen molar-refractivity contribution in [3.05, 3.63) is 53.0 Å². The second-order valence-corrected chi connectivity index (χ2v) is 8.41. The SMILES string of the molecule is CC(=O)Nc1nnc(C2CCCN(c3ccc(NC(=O)Cc4ccccc4)nn3)C2)s1. The Morgan fingerprint density at radius 2 is 1.90 bits per heavy atom. The zero-order valence-corrected chi connectivity index (χ0v) is 17.9. The predicted octanol–water partition coefficient (Wildman–Crippen LogP) is 2.85. The van der Waals surface area contributed by atoms with E-state index in [0.29, 0.717) is 17.4 Å². The Morgan fingerprint density at radius 1 is 1.06 bits per heavy atom. The molecule has 4 rings (SSSR count). The van der Waals surface area contributed by atoms with E-state index in [1.165, 1.54) is 18.3 Å². The van der Waals surface area contributed by atoms with E-state index >= 15 is 0 Å². The molecule has 1 aliphatic heterocycles. The molecule has 1 saturated heterocycles. The molecule has 1 aromatic carbocycles. The van der Waals surface area contributed by atoms with Gasteiger partial charge in [-0.3, -0.25) is 9.59 Å². The number of amides is 2. The summed E-state index contributed by atoms with van der Waals surface area (Å²) >= 11 is 1.41. The van der Waals surface area contributed by atoms with Crippen molar-refractivity contribution in [2.24, 2.45) is 0 Å². The molecule has 2 aromatic heterocycles. The van der Waals surface area contributed by atoms with Crippen LogP contribution in [0.3, 0.4) is 0 Å². The normalized spacial score (nSPS) is 16.0. The van der Waals surface area contributed by atoms with Crippen molar-refractivity contribution in [2.75, 3.05) is 28.6 Å². The molecule has 2 amide bonds. The van der Waals surface area contributed by atoms with Crippen LogP contribution in [-0.2, 0) is 16.0 Å². The van der Waals surface area contributed by atoms with E-state index in [2.05, 4.69) is 35.9 Å². The van der Waals surface area contributed by atoms with Crippen molar-refractivity contribution in [2.45, 2.75) is 32.1 Å². The van der Waals surface area contributed by atoms with Crippen molar-refractivity contribution in [1.82, 2.24) is 20.4 Å². The molecule has 0 radical (unpaired) electrons. The Kier molecular flexibility index (Phi) is 6.46. The average molecular weight is 438 g/mol. The Bertz CT molecular complexity index is 1040. The highest BCUT2D eigenvalue weighted by Gasteiger charge is 2.25. The van der Waals surface area contributed by atoms with Crippen molar-refractivity contribution >= 4 is 39.9 Å². The summed E-state index contributed by atoms with van der Waals surface area (Å²) in [7, 11) is 0. The predicted molar refractivity (Wildman–Crippen MR) is 119 cm³/mol. The van der Waals surface area contributed by atoms with E-state index in [-0.39, 0.29) is 17.7 Å². The maximum atomic E-state index is 12.2. The number of hydrogen-bond donors (Lipinski definition) is 2. The van der Waals surface area contributed by atoms with Gasteiger partial charge in [-0.25, -0.2) is 0 Å². The van der Waals surface area contributed by atoms with E-state index in [1.54, 1.807) is 6.07 Å². The van der Waals surface area contributed by atoms with Gasteiger partial charge in [0, 0.05) is 25.9 Å². The highest BCUT2D eigenvalue weighted by molar-refractivity contribution is 7.15. The van der Waals surface area contributed by atoms with E-state index in [9.17, 15) is 9.59 Å². The zero-order chi connectivity index (χ0) is 21.6. The van der Waals surface area contributed by atoms with Crippen LogP contribution < -0.4 is 15.5 Å². The summed E-state index contributed by atoms with van der Waals surface area (Å²) in [4.78, 5) is 25.6. The van der Waals surface area contributed by atoms with Gasteiger partial charge in [-0.05, 0) is 30.5 Å². The molecule has 1 aliphatic rings. The number of nitrogens with one attached hydrogen (secondary N) is 2. The third-order valence-corrected chi connectivity index (χ3v) is 5.94. The van der Waals surface area contributed by atoms with Gasteiger partial charge in [0.05, 0.1) is 6.42 Å². The van der Waals surface area contributed by atoms with Gasteiger partial charge in [-0.15, -0.1) is 20.4 Å². The first kappa shape index (κ1) is 20.9. The largest absolute Gasteiger partial charge is 0.354 e. The van der Waals surface area contributed by atoms with Gasteiger partial charge in [-0.2, -0.15) is 0 Å². The third kappa shape index (κ3) is 5.60. The summed E-state index contributed by atoms with van der Waals surface area (Å²) in [6.07, 6.45) is 2.30. The lowest BCUT2D eigenvalue weighted by molar-refractivity contribution is -0.116. The molecule has 10 heteroatoms. The van der Waals surface area contributed by atoms with Crippen molar-refractivity contribution in [3.63, 3.8) is 0 Å². The van der Waals surface area contributed by atoms with Gasteiger partial charge in [-0.1, -0.05) is 41.7 Å². The van der Waals surface area contributed by atoms with Crippen molar-refractivity contribution in [1.29, 1.82) is 0 Å². The van der Waals surface area contributed by atoms with Crippen LogP contribution in [0, 0.1) is 0 Å². The Hall–Kier alpha value is -3.40. The van der Waals surface area contributed by atoms with E-state index in [4.69, 9.17) is 0 Å². The molecule has 3 heterocycles. The first-order chi connectivity index (χ1) is 15.1. The molecule has 2 N–H and O–H groups in total. The van der Waals surface area contributed by atoms with Gasteiger partial charge in [0.25, 0.3) is 0 Å². The van der Waals surface area contributed by atoms with Crippen LogP contribution in [0.5, 0.6) is 0 Å². The van der Waals surface area contributed by atoms with Crippen molar-refractivity contribution < 1.29 is 9.59 Å². The number of carbonyl (C=O) groups is 2. The second kappa shape index (κ2) is 9.61. The van der Waals surface area contributed by atoms with Gasteiger partial charge < -0.3 is 15.5 Å². The molecule has 0 aliphatic carbocycles. The summed E-state index contributed by atoms with van der Waals surface area (Å²) in [6, 6.07) is 13.2. The molecule has 9 nitrogen and oxygen atoms in total. The van der Waals surface area contributed by atoms with E-state index in [0.717, 1.165) is 42.3 Å². The van der Waals surface area contributed by atoms with Crippen LogP contribution in [0.15, 0.2) is 42.5 Å². The van der Waals surface area contributed by atoms with Gasteiger partial charge >= 0.3 is 0 Å². The fraction of sp³-hybridized carbons (Fsp3) is 0.333. The molecule has 160 valence electrons. The summed E-state index contributed by atoms with van der Waals surface area (Å²) in [5.74, 6) is 1.14. The summed E-state index contributed by atoms with van der Waals surface area (Å²) in [6.45, 7) is 3.08. The number of rotatable bonds is 6. The summed E-state index contributed by atoms with van der Waals surface area (Å²) < 4.78 is 0. The molecule has 0 saturated carbocycles. The van der Waals surface area contributed by atoms with Crippen LogP contribution >= 0.6 is 11.3 Å². The Labute approximate surface area is 183 Å². The number of piperidine rings is 1. The lowest BCUT2D eigenvalue weighted by Gasteiger charge is -2.32. The number of hydrogen-bond acceptors (Lipinski definition) is 8. The number of benzene rings is 1. The Balaban J connectivity index is 1.35. The standard InChI is InChI=1S/C21H23N7O2S/c1-14(29)22-21-27-26-20(31-21)16-8-5-11-28(13-16)18-10-9-17(24-25-18)23-19(30)12-15-6-3-2-4-7-15/h2-4,6-7,9-10,16H,5,8,11-13H2,1H3,(H,22,27,29)(H,23,24,30). The number of nitrogens with zero attached hydrogens (tertiary/aromatic N) is 5. The fourth-order valence-electron chi connectivity index (χ4n) is 3.52. The van der Waals surface area contributed by atoms with Crippen LogP contribution in [-0.4, -0.2) is 45.3 Å². The van der Waals surface area contributed by atoms with Crippen LogP contribution in [0.2, 0.25) is 0 Å². The molecule has 0 bridgehead atoms. The molecule has 31 heavy (non-hydrogen) atoms. The lowest BCUT2D eigenvalue weighted by Crippen LogP contribution is -2.35. The summed E-state index contributed by atoms with van der Waals surface area (Å²) in [5, 5.41) is 23.7. The van der Waals surface area contributed by atoms with E-state index < -0.39 is 0 Å². The minimum atomic E-state index is -0.154. The maximum absolute atomic E-state index is 12.2. The Morgan fingerprint density at radius 3 is 2.65 bits per heavy atom. The van der Waals surface area contributed by atoms with Gasteiger partial charge in [0.15, 0.2) is 11.6 Å². The minimum Gasteiger partial charge on any atom is -0.354 e. The summed E-state index contributed by atoms with van der Waals surface area (Å²) in [5.41, 5.74) is 0.947. The number of carbonyl (C=O) groups excluding carboxylic acids is 2. The first-order valence-corrected chi connectivity index (χ1v) is 10.9. The maximum Gasteiger partial charge on any atom is 0.229 e. The minimum absolute atomic E-state index is 0.127. The van der Waals surface area contributed by atoms with Crippen LogP contribution in [0.4, 0.5) is 16.8 Å². The molecule has 1 fully saturated rings. The van der Waals surface area contributed by atoms with Crippen molar-refractivity contribution in [3.8, 4) is 0 Å².